The number of carbonyl (C=O) groups excluding carboxylic acids is 1. The van der Waals surface area contributed by atoms with E-state index in [0.29, 0.717) is 11.7 Å². The van der Waals surface area contributed by atoms with Crippen LogP contribution in [0.25, 0.3) is 0 Å². The molecular weight excluding hydrogens is 324 g/mol. The first-order valence-corrected chi connectivity index (χ1v) is 8.99. The maximum absolute atomic E-state index is 12.5. The molecule has 2 heterocycles. The number of hydrogen-bond donors (Lipinski definition) is 1. The van der Waals surface area contributed by atoms with Gasteiger partial charge in [-0.25, -0.2) is 0 Å². The van der Waals surface area contributed by atoms with Gasteiger partial charge in [-0.15, -0.1) is 0 Å². The maximum Gasteiger partial charge on any atom is 0.229 e. The van der Waals surface area contributed by atoms with Crippen LogP contribution in [0.4, 0.5) is 5.82 Å². The fourth-order valence-corrected chi connectivity index (χ4v) is 3.40. The molecule has 1 N–H and O–H groups in total. The van der Waals surface area contributed by atoms with Crippen LogP contribution in [0.2, 0.25) is 0 Å². The Bertz CT molecular complexity index is 903. The third-order valence-electron chi connectivity index (χ3n) is 4.99. The van der Waals surface area contributed by atoms with Gasteiger partial charge < -0.3 is 5.32 Å². The van der Waals surface area contributed by atoms with Crippen molar-refractivity contribution in [3.8, 4) is 0 Å². The van der Waals surface area contributed by atoms with E-state index in [1.165, 1.54) is 16.7 Å². The number of aryl methyl sites for hydroxylation is 3. The lowest BCUT2D eigenvalue weighted by molar-refractivity contribution is -0.117. The highest BCUT2D eigenvalue weighted by Gasteiger charge is 2.44. The highest BCUT2D eigenvalue weighted by molar-refractivity contribution is 5.94. The van der Waals surface area contributed by atoms with E-state index < -0.39 is 0 Å². The minimum absolute atomic E-state index is 0.0538. The van der Waals surface area contributed by atoms with Crippen LogP contribution < -0.4 is 5.32 Å². The van der Waals surface area contributed by atoms with Crippen LogP contribution in [0.15, 0.2) is 61.1 Å². The van der Waals surface area contributed by atoms with Crippen molar-refractivity contribution in [2.24, 2.45) is 5.92 Å². The van der Waals surface area contributed by atoms with Gasteiger partial charge in [-0.3, -0.25) is 14.5 Å². The summed E-state index contributed by atoms with van der Waals surface area (Å²) in [5.74, 6) is 1.08. The summed E-state index contributed by atoms with van der Waals surface area (Å²) in [7, 11) is 0. The second-order valence-electron chi connectivity index (χ2n) is 6.86. The molecule has 1 aliphatic carbocycles. The van der Waals surface area contributed by atoms with Crippen molar-refractivity contribution in [3.63, 3.8) is 0 Å². The van der Waals surface area contributed by atoms with Crippen LogP contribution in [0.3, 0.4) is 0 Å². The second kappa shape index (κ2) is 7.12. The molecule has 0 saturated heterocycles. The van der Waals surface area contributed by atoms with Crippen molar-refractivity contribution in [2.75, 3.05) is 5.32 Å². The summed E-state index contributed by atoms with van der Waals surface area (Å²) in [6.07, 6.45) is 7.30. The lowest BCUT2D eigenvalue weighted by atomic mass is 10.0. The van der Waals surface area contributed by atoms with E-state index in [4.69, 9.17) is 0 Å². The summed E-state index contributed by atoms with van der Waals surface area (Å²) in [5.41, 5.74) is 3.77. The highest BCUT2D eigenvalue weighted by Crippen LogP contribution is 2.48. The molecule has 1 fully saturated rings. The molecule has 3 aromatic rings. The molecule has 0 spiro atoms. The van der Waals surface area contributed by atoms with Crippen molar-refractivity contribution in [2.45, 2.75) is 32.2 Å². The van der Waals surface area contributed by atoms with Gasteiger partial charge in [-0.2, -0.15) is 5.10 Å². The van der Waals surface area contributed by atoms with E-state index >= 15 is 0 Å². The van der Waals surface area contributed by atoms with E-state index in [1.54, 1.807) is 12.4 Å². The largest absolute Gasteiger partial charge is 0.309 e. The minimum atomic E-state index is 0.0538. The summed E-state index contributed by atoms with van der Waals surface area (Å²) < 4.78 is 1.86. The predicted molar refractivity (Wildman–Crippen MR) is 101 cm³/mol. The average Bonchev–Trinajstić information content (AvgIpc) is 3.34. The van der Waals surface area contributed by atoms with Gasteiger partial charge in [0, 0.05) is 37.1 Å². The van der Waals surface area contributed by atoms with Gasteiger partial charge in [0.2, 0.25) is 5.91 Å². The Hall–Kier alpha value is -2.95. The number of benzene rings is 1. The fourth-order valence-electron chi connectivity index (χ4n) is 3.40. The Morgan fingerprint density at radius 3 is 2.81 bits per heavy atom. The van der Waals surface area contributed by atoms with Gasteiger partial charge in [-0.05, 0) is 54.5 Å². The number of hydrogen-bond acceptors (Lipinski definition) is 3. The number of carbonyl (C=O) groups is 1. The lowest BCUT2D eigenvalue weighted by Crippen LogP contribution is -2.15. The van der Waals surface area contributed by atoms with E-state index in [-0.39, 0.29) is 11.8 Å². The van der Waals surface area contributed by atoms with Crippen LogP contribution >= 0.6 is 0 Å². The monoisotopic (exact) mass is 346 g/mol. The zero-order valence-electron chi connectivity index (χ0n) is 14.8. The molecule has 1 amide bonds. The molecule has 132 valence electrons. The number of aromatic nitrogens is 3. The number of amides is 1. The van der Waals surface area contributed by atoms with E-state index in [2.05, 4.69) is 34.5 Å². The third kappa shape index (κ3) is 3.67. The molecule has 1 aromatic carbocycles. The van der Waals surface area contributed by atoms with Gasteiger partial charge in [-0.1, -0.05) is 24.3 Å². The minimum Gasteiger partial charge on any atom is -0.309 e. The molecule has 1 saturated carbocycles. The first-order valence-electron chi connectivity index (χ1n) is 8.99. The Morgan fingerprint density at radius 2 is 2.00 bits per heavy atom. The zero-order valence-corrected chi connectivity index (χ0v) is 14.8. The fraction of sp³-hybridized carbons (Fsp3) is 0.286. The number of pyridine rings is 1. The van der Waals surface area contributed by atoms with Gasteiger partial charge in [0.05, 0.1) is 0 Å². The van der Waals surface area contributed by atoms with E-state index in [9.17, 15) is 4.79 Å². The van der Waals surface area contributed by atoms with E-state index in [0.717, 1.165) is 19.4 Å². The quantitative estimate of drug-likeness (QED) is 0.742. The molecule has 2 unspecified atom stereocenters. The van der Waals surface area contributed by atoms with Gasteiger partial charge in [0.1, 0.15) is 0 Å². The maximum atomic E-state index is 12.5. The first kappa shape index (κ1) is 16.5. The normalized spacial score (nSPS) is 18.5. The average molecular weight is 346 g/mol. The van der Waals surface area contributed by atoms with Crippen LogP contribution in [0, 0.1) is 12.8 Å². The molecule has 26 heavy (non-hydrogen) atoms. The molecule has 0 aliphatic heterocycles. The van der Waals surface area contributed by atoms with Crippen molar-refractivity contribution in [1.82, 2.24) is 14.8 Å². The highest BCUT2D eigenvalue weighted by atomic mass is 16.2. The van der Waals surface area contributed by atoms with Crippen LogP contribution in [-0.2, 0) is 17.8 Å². The number of rotatable bonds is 6. The SMILES string of the molecule is Cc1ccccc1C1CC1C(=O)Nc1ccn(CCc2ccncc2)n1. The van der Waals surface area contributed by atoms with Crippen LogP contribution in [0.5, 0.6) is 0 Å². The molecule has 5 nitrogen and oxygen atoms in total. The van der Waals surface area contributed by atoms with Crippen LogP contribution in [0.1, 0.15) is 29.0 Å². The van der Waals surface area contributed by atoms with Gasteiger partial charge in [0.15, 0.2) is 5.82 Å². The molecule has 1 aliphatic rings. The Kier molecular flexibility index (Phi) is 4.52. The molecule has 5 heteroatoms. The molecular formula is C21H22N4O. The summed E-state index contributed by atoms with van der Waals surface area (Å²) in [6.45, 7) is 2.88. The Morgan fingerprint density at radius 1 is 1.19 bits per heavy atom. The molecule has 0 radical (unpaired) electrons. The number of anilines is 1. The van der Waals surface area contributed by atoms with Crippen molar-refractivity contribution >= 4 is 11.7 Å². The Labute approximate surface area is 153 Å². The summed E-state index contributed by atoms with van der Waals surface area (Å²) in [5, 5.41) is 7.42. The van der Waals surface area contributed by atoms with Crippen LogP contribution in [-0.4, -0.2) is 20.7 Å². The third-order valence-corrected chi connectivity index (χ3v) is 4.99. The Balaban J connectivity index is 1.32. The first-order chi connectivity index (χ1) is 12.7. The topological polar surface area (TPSA) is 59.8 Å². The number of nitrogens with zero attached hydrogens (tertiary/aromatic N) is 3. The van der Waals surface area contributed by atoms with Crippen molar-refractivity contribution in [1.29, 1.82) is 0 Å². The summed E-state index contributed by atoms with van der Waals surface area (Å²) in [4.78, 5) is 16.5. The zero-order chi connectivity index (χ0) is 17.9. The summed E-state index contributed by atoms with van der Waals surface area (Å²) >= 11 is 0. The second-order valence-corrected chi connectivity index (χ2v) is 6.86. The smallest absolute Gasteiger partial charge is 0.229 e. The van der Waals surface area contributed by atoms with Crippen molar-refractivity contribution in [3.05, 3.63) is 77.7 Å². The standard InChI is InChI=1S/C21H22N4O/c1-15-4-2-3-5-17(15)18-14-19(18)21(26)23-20-9-13-25(24-20)12-8-16-6-10-22-11-7-16/h2-7,9-11,13,18-19H,8,12,14H2,1H3,(H,23,24,26). The molecule has 2 atom stereocenters. The van der Waals surface area contributed by atoms with Gasteiger partial charge in [0.25, 0.3) is 0 Å². The lowest BCUT2D eigenvalue weighted by Gasteiger charge is -2.05. The van der Waals surface area contributed by atoms with Crippen molar-refractivity contribution < 1.29 is 4.79 Å². The summed E-state index contributed by atoms with van der Waals surface area (Å²) in [6, 6.07) is 14.2. The number of nitrogens with one attached hydrogen (secondary N) is 1. The molecule has 4 rings (SSSR count). The predicted octanol–water partition coefficient (Wildman–Crippen LogP) is 3.57. The van der Waals surface area contributed by atoms with Gasteiger partial charge >= 0.3 is 0 Å². The molecule has 0 bridgehead atoms. The molecule has 2 aromatic heterocycles. The van der Waals surface area contributed by atoms with E-state index in [1.807, 2.05) is 41.2 Å².